The molecule has 1 heterocycles. The van der Waals surface area contributed by atoms with Crippen molar-refractivity contribution in [2.24, 2.45) is 0 Å². The van der Waals surface area contributed by atoms with Crippen LogP contribution in [0.1, 0.15) is 85.1 Å². The zero-order valence-corrected chi connectivity index (χ0v) is 17.4. The number of fused-ring (bicyclic) bond motifs is 1. The molecule has 1 aromatic carbocycles. The third-order valence-corrected chi connectivity index (χ3v) is 5.56. The van der Waals surface area contributed by atoms with E-state index in [2.05, 4.69) is 62.6 Å². The largest absolute Gasteiger partial charge is 0.365 e. The Balaban J connectivity index is 2.58. The fraction of sp³-hybridized carbons (Fsp3) is 0.739. The minimum atomic E-state index is 0.667. The number of hydrogen-bond acceptors (Lipinski definition) is 2. The summed E-state index contributed by atoms with van der Waals surface area (Å²) >= 11 is 0. The molecule has 1 aliphatic heterocycles. The molecular formula is C23H40N2. The van der Waals surface area contributed by atoms with Crippen LogP contribution in [0.2, 0.25) is 0 Å². The van der Waals surface area contributed by atoms with E-state index in [1.165, 1.54) is 70.1 Å². The summed E-state index contributed by atoms with van der Waals surface area (Å²) in [4.78, 5) is 5.57. The molecule has 2 heteroatoms. The first-order valence-electron chi connectivity index (χ1n) is 10.9. The van der Waals surface area contributed by atoms with Gasteiger partial charge in [-0.05, 0) is 43.7 Å². The zero-order valence-electron chi connectivity index (χ0n) is 17.4. The first kappa shape index (κ1) is 20.1. The van der Waals surface area contributed by atoms with Crippen LogP contribution in [0.15, 0.2) is 18.2 Å². The maximum absolute atomic E-state index is 2.80. The lowest BCUT2D eigenvalue weighted by atomic mass is 9.89. The van der Waals surface area contributed by atoms with Gasteiger partial charge in [-0.2, -0.15) is 0 Å². The van der Waals surface area contributed by atoms with Gasteiger partial charge < -0.3 is 9.80 Å². The van der Waals surface area contributed by atoms with Gasteiger partial charge in [0.1, 0.15) is 0 Å². The van der Waals surface area contributed by atoms with Crippen LogP contribution in [0.4, 0.5) is 11.4 Å². The van der Waals surface area contributed by atoms with Crippen molar-refractivity contribution in [2.45, 2.75) is 98.1 Å². The molecule has 0 fully saturated rings. The molecule has 1 aliphatic rings. The maximum atomic E-state index is 2.80. The number of rotatable bonds is 10. The monoisotopic (exact) mass is 344 g/mol. The van der Waals surface area contributed by atoms with Gasteiger partial charge in [0.2, 0.25) is 0 Å². The molecule has 0 aliphatic carbocycles. The Bertz CT molecular complexity index is 511. The van der Waals surface area contributed by atoms with Gasteiger partial charge >= 0.3 is 0 Å². The first-order chi connectivity index (χ1) is 12.2. The standard InChI is InChI=1S/C23H40N2/c1-6-12-19-15-11-16-22-23(19)25(18-10-5)21(14-8-3)20(13-7-2)24(22)17-9-4/h11,15-16,20-21H,6-10,12-14,17-18H2,1-5H3. The second-order valence-corrected chi connectivity index (χ2v) is 7.63. The summed E-state index contributed by atoms with van der Waals surface area (Å²) in [5, 5.41) is 0. The van der Waals surface area contributed by atoms with Crippen molar-refractivity contribution in [3.63, 3.8) is 0 Å². The molecule has 2 nitrogen and oxygen atoms in total. The van der Waals surface area contributed by atoms with Crippen LogP contribution >= 0.6 is 0 Å². The molecule has 25 heavy (non-hydrogen) atoms. The van der Waals surface area contributed by atoms with Crippen molar-refractivity contribution in [3.05, 3.63) is 23.8 Å². The van der Waals surface area contributed by atoms with Crippen molar-refractivity contribution in [1.82, 2.24) is 0 Å². The minimum absolute atomic E-state index is 0.667. The number of para-hydroxylation sites is 1. The lowest BCUT2D eigenvalue weighted by molar-refractivity contribution is 0.390. The number of benzene rings is 1. The Morgan fingerprint density at radius 1 is 0.720 bits per heavy atom. The molecule has 0 radical (unpaired) electrons. The van der Waals surface area contributed by atoms with Crippen molar-refractivity contribution in [3.8, 4) is 0 Å². The van der Waals surface area contributed by atoms with Gasteiger partial charge in [0, 0.05) is 25.2 Å². The van der Waals surface area contributed by atoms with Crippen LogP contribution < -0.4 is 9.80 Å². The summed E-state index contributed by atoms with van der Waals surface area (Å²) < 4.78 is 0. The molecule has 2 rings (SSSR count). The van der Waals surface area contributed by atoms with E-state index in [1.807, 2.05) is 0 Å². The molecule has 0 amide bonds. The summed E-state index contributed by atoms with van der Waals surface area (Å²) in [7, 11) is 0. The van der Waals surface area contributed by atoms with E-state index in [1.54, 1.807) is 11.3 Å². The summed E-state index contributed by atoms with van der Waals surface area (Å²) in [5.74, 6) is 0. The van der Waals surface area contributed by atoms with Gasteiger partial charge in [0.15, 0.2) is 0 Å². The molecule has 2 unspecified atom stereocenters. The second kappa shape index (κ2) is 10.1. The van der Waals surface area contributed by atoms with Crippen molar-refractivity contribution in [2.75, 3.05) is 22.9 Å². The predicted octanol–water partition coefficient (Wildman–Crippen LogP) is 6.42. The lowest BCUT2D eigenvalue weighted by Gasteiger charge is -2.51. The van der Waals surface area contributed by atoms with Gasteiger partial charge in [0.05, 0.1) is 11.4 Å². The highest BCUT2D eigenvalue weighted by molar-refractivity contribution is 5.78. The smallest absolute Gasteiger partial charge is 0.0639 e. The summed E-state index contributed by atoms with van der Waals surface area (Å²) in [6.07, 6.45) is 10.0. The van der Waals surface area contributed by atoms with Gasteiger partial charge in [-0.1, -0.05) is 66.0 Å². The van der Waals surface area contributed by atoms with Gasteiger partial charge in [-0.3, -0.25) is 0 Å². The number of nitrogens with zero attached hydrogens (tertiary/aromatic N) is 2. The number of hydrogen-bond donors (Lipinski definition) is 0. The quantitative estimate of drug-likeness (QED) is 0.483. The first-order valence-corrected chi connectivity index (χ1v) is 10.9. The Morgan fingerprint density at radius 3 is 1.88 bits per heavy atom. The van der Waals surface area contributed by atoms with E-state index < -0.39 is 0 Å². The SMILES string of the molecule is CCCc1cccc2c1N(CCC)C(CCC)C(CCC)N2CCC. The van der Waals surface area contributed by atoms with E-state index >= 15 is 0 Å². The fourth-order valence-corrected chi connectivity index (χ4v) is 4.71. The highest BCUT2D eigenvalue weighted by atomic mass is 15.3. The molecular weight excluding hydrogens is 304 g/mol. The van der Waals surface area contributed by atoms with Gasteiger partial charge in [-0.15, -0.1) is 0 Å². The van der Waals surface area contributed by atoms with Crippen molar-refractivity contribution in [1.29, 1.82) is 0 Å². The summed E-state index contributed by atoms with van der Waals surface area (Å²) in [6, 6.07) is 8.39. The lowest BCUT2D eigenvalue weighted by Crippen LogP contribution is -2.57. The molecule has 0 N–H and O–H groups in total. The minimum Gasteiger partial charge on any atom is -0.365 e. The Kier molecular flexibility index (Phi) is 8.12. The van der Waals surface area contributed by atoms with Crippen LogP contribution in [0.3, 0.4) is 0 Å². The molecule has 0 saturated heterocycles. The summed E-state index contributed by atoms with van der Waals surface area (Å²) in [5.41, 5.74) is 4.63. The normalized spacial score (nSPS) is 20.0. The van der Waals surface area contributed by atoms with Crippen LogP contribution in [0.5, 0.6) is 0 Å². The van der Waals surface area contributed by atoms with Crippen LogP contribution in [-0.2, 0) is 6.42 Å². The topological polar surface area (TPSA) is 6.48 Å². The average Bonchev–Trinajstić information content (AvgIpc) is 2.61. The molecule has 2 atom stereocenters. The van der Waals surface area contributed by atoms with Crippen LogP contribution in [-0.4, -0.2) is 25.2 Å². The van der Waals surface area contributed by atoms with E-state index in [4.69, 9.17) is 0 Å². The maximum Gasteiger partial charge on any atom is 0.0639 e. The molecule has 0 aromatic heterocycles. The Hall–Kier alpha value is -1.18. The summed E-state index contributed by atoms with van der Waals surface area (Å²) in [6.45, 7) is 14.0. The third kappa shape index (κ3) is 4.33. The van der Waals surface area contributed by atoms with Crippen molar-refractivity contribution < 1.29 is 0 Å². The molecule has 0 spiro atoms. The number of anilines is 2. The van der Waals surface area contributed by atoms with Crippen LogP contribution in [0, 0.1) is 0 Å². The molecule has 1 aromatic rings. The molecule has 0 saturated carbocycles. The fourth-order valence-electron chi connectivity index (χ4n) is 4.71. The number of aryl methyl sites for hydroxylation is 1. The highest BCUT2D eigenvalue weighted by Crippen LogP contribution is 2.43. The second-order valence-electron chi connectivity index (χ2n) is 7.63. The van der Waals surface area contributed by atoms with Gasteiger partial charge in [0.25, 0.3) is 0 Å². The van der Waals surface area contributed by atoms with E-state index in [9.17, 15) is 0 Å². The third-order valence-electron chi connectivity index (χ3n) is 5.56. The van der Waals surface area contributed by atoms with Gasteiger partial charge in [-0.25, -0.2) is 0 Å². The average molecular weight is 345 g/mol. The highest BCUT2D eigenvalue weighted by Gasteiger charge is 2.38. The zero-order chi connectivity index (χ0) is 18.2. The molecule has 0 bridgehead atoms. The van der Waals surface area contributed by atoms with Crippen LogP contribution in [0.25, 0.3) is 0 Å². The van der Waals surface area contributed by atoms with E-state index in [0.717, 1.165) is 0 Å². The Morgan fingerprint density at radius 2 is 1.32 bits per heavy atom. The molecule has 142 valence electrons. The van der Waals surface area contributed by atoms with E-state index in [-0.39, 0.29) is 0 Å². The van der Waals surface area contributed by atoms with E-state index in [0.29, 0.717) is 12.1 Å². The van der Waals surface area contributed by atoms with Crippen molar-refractivity contribution >= 4 is 11.4 Å². The Labute approximate surface area is 156 Å². The predicted molar refractivity (Wildman–Crippen MR) is 113 cm³/mol.